The van der Waals surface area contributed by atoms with Crippen LogP contribution in [0.4, 0.5) is 0 Å². The first-order valence-electron chi connectivity index (χ1n) is 3.46. The zero-order valence-corrected chi connectivity index (χ0v) is 7.31. The number of hydrogen-bond donors (Lipinski definition) is 1. The van der Waals surface area contributed by atoms with Crippen molar-refractivity contribution in [2.75, 3.05) is 12.8 Å². The molecule has 0 aliphatic carbocycles. The Bertz CT molecular complexity index is 137. The van der Waals surface area contributed by atoms with Gasteiger partial charge >= 0.3 is 0 Å². The summed E-state index contributed by atoms with van der Waals surface area (Å²) in [4.78, 5) is 8.85. The Labute approximate surface area is 62.4 Å². The number of allylic oxidation sites excluding steroid dienone is 1. The molecule has 0 aromatic rings. The van der Waals surface area contributed by atoms with Crippen LogP contribution in [-0.4, -0.2) is 17.7 Å². The van der Waals surface area contributed by atoms with Gasteiger partial charge in [-0.1, -0.05) is 6.08 Å². The van der Waals surface area contributed by atoms with Gasteiger partial charge in [0.1, 0.15) is 0 Å². The summed E-state index contributed by atoms with van der Waals surface area (Å²) in [5.41, 5.74) is 0. The average molecular weight is 162 g/mol. The molecule has 0 rings (SSSR count). The zero-order chi connectivity index (χ0) is 8.04. The Kier molecular flexibility index (Phi) is 4.67. The van der Waals surface area contributed by atoms with Crippen molar-refractivity contribution in [3.63, 3.8) is 0 Å². The van der Waals surface area contributed by atoms with Crippen LogP contribution in [0.3, 0.4) is 0 Å². The standard InChI is InChI=1S/C7H15O2P/c1-3-4-5-6-7-10(2,8)9/h3H,1,4-7H2,2H3,(H,8,9). The van der Waals surface area contributed by atoms with Gasteiger partial charge in [0.05, 0.1) is 0 Å². The summed E-state index contributed by atoms with van der Waals surface area (Å²) < 4.78 is 10.7. The second-order valence-electron chi connectivity index (χ2n) is 2.56. The fourth-order valence-electron chi connectivity index (χ4n) is 0.694. The van der Waals surface area contributed by atoms with Crippen LogP contribution in [0.1, 0.15) is 19.3 Å². The summed E-state index contributed by atoms with van der Waals surface area (Å²) >= 11 is 0. The molecule has 1 N–H and O–H groups in total. The Hall–Kier alpha value is -0.0700. The largest absolute Gasteiger partial charge is 0.344 e. The second kappa shape index (κ2) is 4.70. The molecule has 0 bridgehead atoms. The lowest BCUT2D eigenvalue weighted by Crippen LogP contribution is -1.86. The van der Waals surface area contributed by atoms with Gasteiger partial charge in [-0.3, -0.25) is 4.57 Å². The minimum absolute atomic E-state index is 0.445. The van der Waals surface area contributed by atoms with E-state index in [1.165, 1.54) is 6.66 Å². The fourth-order valence-corrected chi connectivity index (χ4v) is 1.50. The van der Waals surface area contributed by atoms with Gasteiger partial charge < -0.3 is 4.89 Å². The van der Waals surface area contributed by atoms with Crippen LogP contribution in [0, 0.1) is 0 Å². The molecule has 0 radical (unpaired) electrons. The third-order valence-electron chi connectivity index (χ3n) is 1.23. The maximum atomic E-state index is 10.7. The highest BCUT2D eigenvalue weighted by atomic mass is 31.2. The molecule has 1 atom stereocenters. The van der Waals surface area contributed by atoms with Gasteiger partial charge in [0.2, 0.25) is 0 Å². The maximum Gasteiger partial charge on any atom is 0.197 e. The Morgan fingerprint density at radius 3 is 2.60 bits per heavy atom. The van der Waals surface area contributed by atoms with Crippen molar-refractivity contribution >= 4 is 7.37 Å². The molecule has 0 saturated heterocycles. The van der Waals surface area contributed by atoms with Crippen LogP contribution in [0.5, 0.6) is 0 Å². The molecule has 0 aromatic carbocycles. The lowest BCUT2D eigenvalue weighted by molar-refractivity contribution is 0.482. The van der Waals surface area contributed by atoms with Crippen molar-refractivity contribution in [2.45, 2.75) is 19.3 Å². The number of unbranched alkanes of at least 4 members (excludes halogenated alkanes) is 2. The Morgan fingerprint density at radius 1 is 1.60 bits per heavy atom. The summed E-state index contributed by atoms with van der Waals surface area (Å²) in [6.45, 7) is 4.97. The number of rotatable bonds is 5. The van der Waals surface area contributed by atoms with Crippen molar-refractivity contribution in [1.82, 2.24) is 0 Å². The smallest absolute Gasteiger partial charge is 0.197 e. The molecule has 0 aliphatic rings. The highest BCUT2D eigenvalue weighted by Gasteiger charge is 2.07. The van der Waals surface area contributed by atoms with Crippen LogP contribution in [0.2, 0.25) is 0 Å². The first kappa shape index (κ1) is 9.93. The van der Waals surface area contributed by atoms with E-state index in [1.807, 2.05) is 6.08 Å². The van der Waals surface area contributed by atoms with Crippen molar-refractivity contribution < 1.29 is 9.46 Å². The van der Waals surface area contributed by atoms with E-state index >= 15 is 0 Å². The minimum Gasteiger partial charge on any atom is -0.344 e. The highest BCUT2D eigenvalue weighted by molar-refractivity contribution is 7.57. The predicted octanol–water partition coefficient (Wildman–Crippen LogP) is 2.24. The monoisotopic (exact) mass is 162 g/mol. The summed E-state index contributed by atoms with van der Waals surface area (Å²) in [6.07, 6.45) is 5.02. The predicted molar refractivity (Wildman–Crippen MR) is 44.7 cm³/mol. The van der Waals surface area contributed by atoms with Gasteiger partial charge in [-0.25, -0.2) is 0 Å². The molecule has 0 amide bonds. The van der Waals surface area contributed by atoms with Crippen LogP contribution < -0.4 is 0 Å². The van der Waals surface area contributed by atoms with E-state index in [9.17, 15) is 4.57 Å². The molecular weight excluding hydrogens is 147 g/mol. The Morgan fingerprint density at radius 2 is 2.20 bits per heavy atom. The van der Waals surface area contributed by atoms with Crippen molar-refractivity contribution in [3.05, 3.63) is 12.7 Å². The lowest BCUT2D eigenvalue weighted by atomic mass is 10.2. The highest BCUT2D eigenvalue weighted by Crippen LogP contribution is 2.36. The average Bonchev–Trinajstić information content (AvgIpc) is 1.78. The van der Waals surface area contributed by atoms with Gasteiger partial charge in [0.25, 0.3) is 0 Å². The van der Waals surface area contributed by atoms with E-state index in [0.717, 1.165) is 19.3 Å². The topological polar surface area (TPSA) is 37.3 Å². The van der Waals surface area contributed by atoms with Gasteiger partial charge in [0, 0.05) is 12.8 Å². The van der Waals surface area contributed by atoms with Crippen LogP contribution >= 0.6 is 7.37 Å². The van der Waals surface area contributed by atoms with E-state index in [2.05, 4.69) is 6.58 Å². The Balaban J connectivity index is 3.20. The molecule has 0 aliphatic heterocycles. The summed E-state index contributed by atoms with van der Waals surface area (Å²) in [7, 11) is -2.74. The molecule has 1 unspecified atom stereocenters. The van der Waals surface area contributed by atoms with E-state index in [4.69, 9.17) is 4.89 Å². The first-order valence-corrected chi connectivity index (χ1v) is 5.75. The van der Waals surface area contributed by atoms with Crippen molar-refractivity contribution in [1.29, 1.82) is 0 Å². The summed E-state index contributed by atoms with van der Waals surface area (Å²) in [5, 5.41) is 0. The van der Waals surface area contributed by atoms with Crippen molar-refractivity contribution in [2.24, 2.45) is 0 Å². The zero-order valence-electron chi connectivity index (χ0n) is 6.42. The van der Waals surface area contributed by atoms with Crippen LogP contribution in [-0.2, 0) is 4.57 Å². The van der Waals surface area contributed by atoms with Gasteiger partial charge in [-0.2, -0.15) is 0 Å². The molecule has 3 heteroatoms. The number of hydrogen-bond acceptors (Lipinski definition) is 1. The minimum atomic E-state index is -2.74. The molecule has 0 fully saturated rings. The molecule has 10 heavy (non-hydrogen) atoms. The second-order valence-corrected chi connectivity index (χ2v) is 5.11. The molecule has 60 valence electrons. The van der Waals surface area contributed by atoms with Crippen LogP contribution in [0.25, 0.3) is 0 Å². The van der Waals surface area contributed by atoms with E-state index < -0.39 is 7.37 Å². The molecular formula is C7H15O2P. The fraction of sp³-hybridized carbons (Fsp3) is 0.714. The van der Waals surface area contributed by atoms with Gasteiger partial charge in [-0.15, -0.1) is 6.58 Å². The molecule has 0 saturated carbocycles. The quantitative estimate of drug-likeness (QED) is 0.382. The molecule has 0 spiro atoms. The molecule has 2 nitrogen and oxygen atoms in total. The third kappa shape index (κ3) is 7.93. The summed E-state index contributed by atoms with van der Waals surface area (Å²) in [6, 6.07) is 0. The maximum absolute atomic E-state index is 10.7. The lowest BCUT2D eigenvalue weighted by Gasteiger charge is -2.02. The normalized spacial score (nSPS) is 16.2. The summed E-state index contributed by atoms with van der Waals surface area (Å²) in [5.74, 6) is 0. The van der Waals surface area contributed by atoms with Crippen molar-refractivity contribution in [3.8, 4) is 0 Å². The van der Waals surface area contributed by atoms with Gasteiger partial charge in [0.15, 0.2) is 7.37 Å². The molecule has 0 heterocycles. The first-order chi connectivity index (χ1) is 4.56. The van der Waals surface area contributed by atoms with Gasteiger partial charge in [-0.05, 0) is 19.3 Å². The van der Waals surface area contributed by atoms with Crippen LogP contribution in [0.15, 0.2) is 12.7 Å². The van der Waals surface area contributed by atoms with E-state index in [1.54, 1.807) is 0 Å². The SMILES string of the molecule is C=CCCCCP(C)(=O)O. The molecule has 0 aromatic heterocycles. The van der Waals surface area contributed by atoms with E-state index in [0.29, 0.717) is 6.16 Å². The van der Waals surface area contributed by atoms with E-state index in [-0.39, 0.29) is 0 Å². The third-order valence-corrected chi connectivity index (χ3v) is 2.38.